The lowest BCUT2D eigenvalue weighted by Gasteiger charge is -2.37. The SMILES string of the molecule is Cc1cc2c(cc1-c1cc(C=O)ccc1N(C)C)C(C)(C)C=CC2(C)C. The van der Waals surface area contributed by atoms with E-state index in [2.05, 4.69) is 63.8 Å². The van der Waals surface area contributed by atoms with Gasteiger partial charge in [-0.3, -0.25) is 4.79 Å². The summed E-state index contributed by atoms with van der Waals surface area (Å²) in [7, 11) is 4.09. The number of rotatable bonds is 3. The lowest BCUT2D eigenvalue weighted by atomic mass is 9.67. The molecular weight excluding hydrogens is 318 g/mol. The molecule has 0 atom stereocenters. The van der Waals surface area contributed by atoms with Gasteiger partial charge in [0.25, 0.3) is 0 Å². The van der Waals surface area contributed by atoms with Crippen LogP contribution in [0, 0.1) is 6.92 Å². The molecule has 2 aromatic rings. The lowest BCUT2D eigenvalue weighted by molar-refractivity contribution is 0.112. The zero-order valence-corrected chi connectivity index (χ0v) is 17.0. The minimum absolute atomic E-state index is 0.00610. The molecule has 0 unspecified atom stereocenters. The first-order chi connectivity index (χ1) is 12.1. The van der Waals surface area contributed by atoms with Crippen LogP contribution in [0.4, 0.5) is 5.69 Å². The van der Waals surface area contributed by atoms with E-state index in [1.165, 1.54) is 22.3 Å². The number of fused-ring (bicyclic) bond motifs is 1. The molecule has 0 N–H and O–H groups in total. The molecule has 0 saturated heterocycles. The van der Waals surface area contributed by atoms with E-state index in [1.54, 1.807) is 0 Å². The van der Waals surface area contributed by atoms with E-state index in [1.807, 2.05) is 32.3 Å². The third-order valence-corrected chi connectivity index (χ3v) is 5.60. The van der Waals surface area contributed by atoms with Crippen molar-refractivity contribution in [1.82, 2.24) is 0 Å². The van der Waals surface area contributed by atoms with Gasteiger partial charge in [-0.2, -0.15) is 0 Å². The molecule has 2 aromatic carbocycles. The minimum atomic E-state index is -0.00610. The zero-order chi connectivity index (χ0) is 19.3. The van der Waals surface area contributed by atoms with Crippen molar-refractivity contribution in [1.29, 1.82) is 0 Å². The minimum Gasteiger partial charge on any atom is -0.377 e. The number of benzene rings is 2. The molecule has 0 aromatic heterocycles. The molecule has 136 valence electrons. The lowest BCUT2D eigenvalue weighted by Crippen LogP contribution is -2.29. The Balaban J connectivity index is 2.32. The smallest absolute Gasteiger partial charge is 0.150 e. The second kappa shape index (κ2) is 6.12. The van der Waals surface area contributed by atoms with Crippen LogP contribution in [0.1, 0.15) is 54.7 Å². The molecule has 2 nitrogen and oxygen atoms in total. The number of aryl methyl sites for hydroxylation is 1. The van der Waals surface area contributed by atoms with Gasteiger partial charge in [-0.05, 0) is 53.4 Å². The number of hydrogen-bond acceptors (Lipinski definition) is 2. The molecule has 1 aliphatic rings. The Morgan fingerprint density at radius 3 is 1.96 bits per heavy atom. The molecule has 2 heteroatoms. The van der Waals surface area contributed by atoms with Gasteiger partial charge in [-0.1, -0.05) is 45.9 Å². The molecule has 26 heavy (non-hydrogen) atoms. The van der Waals surface area contributed by atoms with Crippen LogP contribution in [-0.2, 0) is 10.8 Å². The van der Waals surface area contributed by atoms with Crippen LogP contribution in [0.2, 0.25) is 0 Å². The van der Waals surface area contributed by atoms with Crippen LogP contribution in [-0.4, -0.2) is 20.4 Å². The highest BCUT2D eigenvalue weighted by Crippen LogP contribution is 2.44. The summed E-state index contributed by atoms with van der Waals surface area (Å²) in [6.45, 7) is 11.3. The van der Waals surface area contributed by atoms with Crippen molar-refractivity contribution in [2.75, 3.05) is 19.0 Å². The van der Waals surface area contributed by atoms with Gasteiger partial charge in [0.05, 0.1) is 0 Å². The summed E-state index contributed by atoms with van der Waals surface area (Å²) in [4.78, 5) is 13.5. The molecule has 0 fully saturated rings. The van der Waals surface area contributed by atoms with Gasteiger partial charge >= 0.3 is 0 Å². The van der Waals surface area contributed by atoms with E-state index in [0.29, 0.717) is 5.56 Å². The molecular formula is C24H29NO. The molecule has 0 spiro atoms. The highest BCUT2D eigenvalue weighted by atomic mass is 16.1. The molecule has 0 aliphatic heterocycles. The fraction of sp³-hybridized carbons (Fsp3) is 0.375. The normalized spacial score (nSPS) is 16.9. The van der Waals surface area contributed by atoms with Gasteiger partial charge in [0.15, 0.2) is 0 Å². The van der Waals surface area contributed by atoms with Crippen LogP contribution in [0.5, 0.6) is 0 Å². The fourth-order valence-corrected chi connectivity index (χ4v) is 3.89. The van der Waals surface area contributed by atoms with Crippen LogP contribution in [0.25, 0.3) is 11.1 Å². The van der Waals surface area contributed by atoms with Gasteiger partial charge in [0.1, 0.15) is 6.29 Å². The third kappa shape index (κ3) is 2.98. The van der Waals surface area contributed by atoms with Gasteiger partial charge in [-0.25, -0.2) is 0 Å². The van der Waals surface area contributed by atoms with E-state index in [4.69, 9.17) is 0 Å². The number of aldehydes is 1. The molecule has 0 bridgehead atoms. The summed E-state index contributed by atoms with van der Waals surface area (Å²) in [5, 5.41) is 0. The highest BCUT2D eigenvalue weighted by Gasteiger charge is 2.33. The summed E-state index contributed by atoms with van der Waals surface area (Å²) in [5.74, 6) is 0. The van der Waals surface area contributed by atoms with E-state index >= 15 is 0 Å². The van der Waals surface area contributed by atoms with Gasteiger partial charge < -0.3 is 4.90 Å². The number of allylic oxidation sites excluding steroid dienone is 2. The Morgan fingerprint density at radius 1 is 0.846 bits per heavy atom. The molecule has 1 aliphatic carbocycles. The van der Waals surface area contributed by atoms with Gasteiger partial charge in [0.2, 0.25) is 0 Å². The van der Waals surface area contributed by atoms with E-state index in [0.717, 1.165) is 17.5 Å². The Kier molecular flexibility index (Phi) is 4.34. The Labute approximate surface area is 157 Å². The predicted octanol–water partition coefficient (Wildman–Crippen LogP) is 5.67. The fourth-order valence-electron chi connectivity index (χ4n) is 3.89. The van der Waals surface area contributed by atoms with E-state index < -0.39 is 0 Å². The molecule has 0 radical (unpaired) electrons. The average molecular weight is 348 g/mol. The summed E-state index contributed by atoms with van der Waals surface area (Å²) >= 11 is 0. The molecule has 3 rings (SSSR count). The summed E-state index contributed by atoms with van der Waals surface area (Å²) in [5.41, 5.74) is 8.18. The van der Waals surface area contributed by atoms with Crippen molar-refractivity contribution in [3.05, 3.63) is 64.7 Å². The van der Waals surface area contributed by atoms with E-state index in [9.17, 15) is 4.79 Å². The first kappa shape index (κ1) is 18.4. The highest BCUT2D eigenvalue weighted by molar-refractivity contribution is 5.87. The van der Waals surface area contributed by atoms with Crippen molar-refractivity contribution in [3.8, 4) is 11.1 Å². The Bertz CT molecular complexity index is 901. The monoisotopic (exact) mass is 347 g/mol. The maximum atomic E-state index is 11.4. The zero-order valence-electron chi connectivity index (χ0n) is 17.0. The van der Waals surface area contributed by atoms with Gasteiger partial charge in [-0.15, -0.1) is 0 Å². The molecule has 0 heterocycles. The molecule has 0 saturated carbocycles. The standard InChI is InChI=1S/C24H29NO/c1-16-12-20-21(24(4,5)11-10-23(20,2)3)14-18(16)19-13-17(15-26)8-9-22(19)25(6)7/h8-15H,1-7H3. The number of nitrogens with zero attached hydrogens (tertiary/aromatic N) is 1. The average Bonchev–Trinajstić information content (AvgIpc) is 2.58. The van der Waals surface area contributed by atoms with Crippen LogP contribution in [0.3, 0.4) is 0 Å². The van der Waals surface area contributed by atoms with Crippen molar-refractivity contribution in [2.24, 2.45) is 0 Å². The number of carbonyl (C=O) groups is 1. The van der Waals surface area contributed by atoms with Crippen molar-refractivity contribution in [2.45, 2.75) is 45.4 Å². The van der Waals surface area contributed by atoms with Crippen LogP contribution >= 0.6 is 0 Å². The van der Waals surface area contributed by atoms with Gasteiger partial charge in [0, 0.05) is 41.7 Å². The quantitative estimate of drug-likeness (QED) is 0.527. The number of hydrogen-bond donors (Lipinski definition) is 0. The summed E-state index contributed by atoms with van der Waals surface area (Å²) in [6, 6.07) is 10.6. The van der Waals surface area contributed by atoms with E-state index in [-0.39, 0.29) is 10.8 Å². The third-order valence-electron chi connectivity index (χ3n) is 5.60. The first-order valence-electron chi connectivity index (χ1n) is 9.20. The Morgan fingerprint density at radius 2 is 1.42 bits per heavy atom. The predicted molar refractivity (Wildman–Crippen MR) is 112 cm³/mol. The number of anilines is 1. The van der Waals surface area contributed by atoms with Crippen molar-refractivity contribution in [3.63, 3.8) is 0 Å². The summed E-state index contributed by atoms with van der Waals surface area (Å²) in [6.07, 6.45) is 5.57. The second-order valence-electron chi connectivity index (χ2n) is 8.78. The molecule has 0 amide bonds. The summed E-state index contributed by atoms with van der Waals surface area (Å²) < 4.78 is 0. The maximum absolute atomic E-state index is 11.4. The topological polar surface area (TPSA) is 20.3 Å². The number of carbonyl (C=O) groups excluding carboxylic acids is 1. The van der Waals surface area contributed by atoms with Crippen molar-refractivity contribution < 1.29 is 4.79 Å². The van der Waals surface area contributed by atoms with Crippen LogP contribution < -0.4 is 4.90 Å². The maximum Gasteiger partial charge on any atom is 0.150 e. The van der Waals surface area contributed by atoms with Crippen LogP contribution in [0.15, 0.2) is 42.5 Å². The first-order valence-corrected chi connectivity index (χ1v) is 9.20. The Hall–Kier alpha value is -2.35. The van der Waals surface area contributed by atoms with Crippen molar-refractivity contribution >= 4 is 12.0 Å². The largest absolute Gasteiger partial charge is 0.377 e. The second-order valence-corrected chi connectivity index (χ2v) is 8.78.